The van der Waals surface area contributed by atoms with Crippen LogP contribution in [0.3, 0.4) is 0 Å². The lowest BCUT2D eigenvalue weighted by Crippen LogP contribution is -2.24. The minimum Gasteiger partial charge on any atom is -0.325 e. The fraction of sp³-hybridized carbons (Fsp3) is 0.250. The predicted octanol–water partition coefficient (Wildman–Crippen LogP) is 4.15. The van der Waals surface area contributed by atoms with Crippen molar-refractivity contribution in [2.45, 2.75) is 33.2 Å². The van der Waals surface area contributed by atoms with E-state index in [2.05, 4.69) is 10.3 Å². The van der Waals surface area contributed by atoms with E-state index in [1.807, 2.05) is 37.3 Å². The number of aryl methyl sites for hydroxylation is 1. The third kappa shape index (κ3) is 3.78. The molecule has 3 rings (SSSR count). The number of anilines is 1. The fourth-order valence-corrected chi connectivity index (χ4v) is 3.05. The average Bonchev–Trinajstić information content (AvgIpc) is 2.61. The highest BCUT2D eigenvalue weighted by molar-refractivity contribution is 6.34. The van der Waals surface area contributed by atoms with Gasteiger partial charge in [-0.2, -0.15) is 0 Å². The largest absolute Gasteiger partial charge is 0.325 e. The van der Waals surface area contributed by atoms with Crippen LogP contribution in [0.1, 0.15) is 31.2 Å². The number of hydrogen-bond acceptors (Lipinski definition) is 3. The SMILES string of the molecule is CCCC(=O)Nc1cc2c(=O)n(Cc3ccccc3)c(C)nc2cc1Cl. The van der Waals surface area contributed by atoms with Crippen LogP contribution < -0.4 is 10.9 Å². The molecule has 1 N–H and O–H groups in total. The highest BCUT2D eigenvalue weighted by atomic mass is 35.5. The van der Waals surface area contributed by atoms with Gasteiger partial charge in [-0.05, 0) is 31.0 Å². The number of fused-ring (bicyclic) bond motifs is 1. The number of aromatic nitrogens is 2. The number of rotatable bonds is 5. The Morgan fingerprint density at radius 1 is 1.23 bits per heavy atom. The van der Waals surface area contributed by atoms with Gasteiger partial charge in [0.2, 0.25) is 5.91 Å². The molecule has 0 spiro atoms. The second kappa shape index (κ2) is 7.70. The van der Waals surface area contributed by atoms with Crippen molar-refractivity contribution in [1.29, 1.82) is 0 Å². The Morgan fingerprint density at radius 2 is 1.96 bits per heavy atom. The Bertz CT molecular complexity index is 1010. The first kappa shape index (κ1) is 18.1. The molecule has 2 aromatic carbocycles. The van der Waals surface area contributed by atoms with Gasteiger partial charge in [-0.1, -0.05) is 48.9 Å². The fourth-order valence-electron chi connectivity index (χ4n) is 2.84. The number of nitrogens with zero attached hydrogens (tertiary/aromatic N) is 2. The minimum absolute atomic E-state index is 0.126. The van der Waals surface area contributed by atoms with Crippen LogP contribution in [0.4, 0.5) is 5.69 Å². The summed E-state index contributed by atoms with van der Waals surface area (Å²) in [4.78, 5) is 29.4. The molecule has 0 radical (unpaired) electrons. The lowest BCUT2D eigenvalue weighted by atomic mass is 10.2. The van der Waals surface area contributed by atoms with E-state index in [0.29, 0.717) is 40.4 Å². The molecule has 1 aromatic heterocycles. The van der Waals surface area contributed by atoms with Crippen molar-refractivity contribution in [3.8, 4) is 0 Å². The summed E-state index contributed by atoms with van der Waals surface area (Å²) in [7, 11) is 0. The van der Waals surface area contributed by atoms with Crippen LogP contribution in [-0.2, 0) is 11.3 Å². The molecule has 3 aromatic rings. The van der Waals surface area contributed by atoms with Crippen LogP contribution in [0.15, 0.2) is 47.3 Å². The van der Waals surface area contributed by atoms with Crippen molar-refractivity contribution in [2.75, 3.05) is 5.32 Å². The molecule has 0 aliphatic rings. The smallest absolute Gasteiger partial charge is 0.261 e. The first-order valence-corrected chi connectivity index (χ1v) is 8.92. The molecule has 0 aliphatic heterocycles. The number of nitrogens with one attached hydrogen (secondary N) is 1. The highest BCUT2D eigenvalue weighted by Crippen LogP contribution is 2.26. The number of hydrogen-bond donors (Lipinski definition) is 1. The Labute approximate surface area is 156 Å². The molecule has 26 heavy (non-hydrogen) atoms. The maximum Gasteiger partial charge on any atom is 0.261 e. The topological polar surface area (TPSA) is 64.0 Å². The molecule has 5 nitrogen and oxygen atoms in total. The summed E-state index contributed by atoms with van der Waals surface area (Å²) in [6.45, 7) is 4.17. The van der Waals surface area contributed by atoms with Gasteiger partial charge in [0, 0.05) is 6.42 Å². The lowest BCUT2D eigenvalue weighted by molar-refractivity contribution is -0.116. The van der Waals surface area contributed by atoms with E-state index in [4.69, 9.17) is 11.6 Å². The molecule has 1 heterocycles. The van der Waals surface area contributed by atoms with Crippen molar-refractivity contribution < 1.29 is 4.79 Å². The average molecular weight is 370 g/mol. The van der Waals surface area contributed by atoms with E-state index in [-0.39, 0.29) is 11.5 Å². The molecule has 6 heteroatoms. The van der Waals surface area contributed by atoms with Crippen LogP contribution in [0.25, 0.3) is 10.9 Å². The molecule has 0 unspecified atom stereocenters. The summed E-state index contributed by atoms with van der Waals surface area (Å²) in [5, 5.41) is 3.57. The van der Waals surface area contributed by atoms with Gasteiger partial charge in [0.15, 0.2) is 0 Å². The van der Waals surface area contributed by atoms with Crippen LogP contribution in [0, 0.1) is 6.92 Å². The van der Waals surface area contributed by atoms with Gasteiger partial charge in [0.05, 0.1) is 28.2 Å². The van der Waals surface area contributed by atoms with E-state index in [1.54, 1.807) is 23.6 Å². The molecule has 0 saturated carbocycles. The summed E-state index contributed by atoms with van der Waals surface area (Å²) >= 11 is 6.26. The Hall–Kier alpha value is -2.66. The molecule has 0 saturated heterocycles. The zero-order chi connectivity index (χ0) is 18.7. The zero-order valence-corrected chi connectivity index (χ0v) is 15.5. The van der Waals surface area contributed by atoms with Crippen molar-refractivity contribution in [1.82, 2.24) is 9.55 Å². The number of carbonyl (C=O) groups excluding carboxylic acids is 1. The van der Waals surface area contributed by atoms with Gasteiger partial charge in [-0.15, -0.1) is 0 Å². The molecule has 0 fully saturated rings. The van der Waals surface area contributed by atoms with E-state index in [1.165, 1.54) is 0 Å². The standard InChI is InChI=1S/C20H20ClN3O2/c1-3-7-19(25)23-18-10-15-17(11-16(18)21)22-13(2)24(20(15)26)12-14-8-5-4-6-9-14/h4-6,8-11H,3,7,12H2,1-2H3,(H,23,25). The second-order valence-corrected chi connectivity index (χ2v) is 6.59. The van der Waals surface area contributed by atoms with Gasteiger partial charge in [0.1, 0.15) is 5.82 Å². The van der Waals surface area contributed by atoms with Crippen LogP contribution in [0.2, 0.25) is 5.02 Å². The number of amides is 1. The van der Waals surface area contributed by atoms with E-state index >= 15 is 0 Å². The van der Waals surface area contributed by atoms with E-state index < -0.39 is 0 Å². The van der Waals surface area contributed by atoms with E-state index in [0.717, 1.165) is 12.0 Å². The summed E-state index contributed by atoms with van der Waals surface area (Å²) in [5.74, 6) is 0.489. The monoisotopic (exact) mass is 369 g/mol. The van der Waals surface area contributed by atoms with Gasteiger partial charge in [-0.3, -0.25) is 14.2 Å². The molecule has 1 amide bonds. The van der Waals surface area contributed by atoms with Gasteiger partial charge in [-0.25, -0.2) is 4.98 Å². The summed E-state index contributed by atoms with van der Waals surface area (Å²) in [6.07, 6.45) is 1.14. The van der Waals surface area contributed by atoms with Crippen molar-refractivity contribution >= 4 is 34.1 Å². The Morgan fingerprint density at radius 3 is 2.65 bits per heavy atom. The number of carbonyl (C=O) groups is 1. The molecule has 0 atom stereocenters. The summed E-state index contributed by atoms with van der Waals surface area (Å²) in [5.41, 5.74) is 1.82. The third-order valence-electron chi connectivity index (χ3n) is 4.17. The summed E-state index contributed by atoms with van der Waals surface area (Å²) in [6, 6.07) is 13.0. The first-order chi connectivity index (χ1) is 12.5. The quantitative estimate of drug-likeness (QED) is 0.734. The first-order valence-electron chi connectivity index (χ1n) is 8.54. The Balaban J connectivity index is 2.07. The molecule has 0 bridgehead atoms. The molecular formula is C20H20ClN3O2. The predicted molar refractivity (Wildman–Crippen MR) is 105 cm³/mol. The number of benzene rings is 2. The van der Waals surface area contributed by atoms with Gasteiger partial charge >= 0.3 is 0 Å². The summed E-state index contributed by atoms with van der Waals surface area (Å²) < 4.78 is 1.63. The van der Waals surface area contributed by atoms with Crippen molar-refractivity contribution in [3.05, 3.63) is 69.2 Å². The van der Waals surface area contributed by atoms with Gasteiger partial charge < -0.3 is 5.32 Å². The van der Waals surface area contributed by atoms with E-state index in [9.17, 15) is 9.59 Å². The zero-order valence-electron chi connectivity index (χ0n) is 14.8. The van der Waals surface area contributed by atoms with Crippen LogP contribution in [0.5, 0.6) is 0 Å². The maximum absolute atomic E-state index is 13.0. The molecule has 0 aliphatic carbocycles. The third-order valence-corrected chi connectivity index (χ3v) is 4.48. The second-order valence-electron chi connectivity index (χ2n) is 6.18. The van der Waals surface area contributed by atoms with Crippen molar-refractivity contribution in [3.63, 3.8) is 0 Å². The number of halogens is 1. The highest BCUT2D eigenvalue weighted by Gasteiger charge is 2.13. The van der Waals surface area contributed by atoms with Gasteiger partial charge in [0.25, 0.3) is 5.56 Å². The van der Waals surface area contributed by atoms with Crippen LogP contribution >= 0.6 is 11.6 Å². The minimum atomic E-state index is -0.154. The maximum atomic E-state index is 13.0. The molecular weight excluding hydrogens is 350 g/mol. The Kier molecular flexibility index (Phi) is 5.38. The molecule has 134 valence electrons. The van der Waals surface area contributed by atoms with Crippen LogP contribution in [-0.4, -0.2) is 15.5 Å². The van der Waals surface area contributed by atoms with Crippen molar-refractivity contribution in [2.24, 2.45) is 0 Å². The normalized spacial score (nSPS) is 10.9. The lowest BCUT2D eigenvalue weighted by Gasteiger charge is -2.13.